The molecule has 0 saturated heterocycles. The summed E-state index contributed by atoms with van der Waals surface area (Å²) < 4.78 is 95.4. The van der Waals surface area contributed by atoms with Gasteiger partial charge in [-0.25, -0.2) is 18.0 Å². The van der Waals surface area contributed by atoms with E-state index in [4.69, 9.17) is 87.8 Å². The summed E-state index contributed by atoms with van der Waals surface area (Å²) in [4.78, 5) is 85.3. The lowest BCUT2D eigenvalue weighted by molar-refractivity contribution is -0.160. The average Bonchev–Trinajstić information content (AvgIpc) is 1.53. The minimum atomic E-state index is -1.28. The third-order valence-electron chi connectivity index (χ3n) is 20.7. The zero-order chi connectivity index (χ0) is 91.7. The molecule has 0 spiro atoms. The summed E-state index contributed by atoms with van der Waals surface area (Å²) in [5.74, 6) is -3.47. The van der Waals surface area contributed by atoms with Crippen LogP contribution in [0.4, 0.5) is 13.2 Å². The van der Waals surface area contributed by atoms with E-state index in [0.29, 0.717) is 82.0 Å². The second-order valence-electron chi connectivity index (χ2n) is 30.7. The number of rotatable bonds is 41. The Bertz CT molecular complexity index is 5450. The Morgan fingerprint density at radius 3 is 1.27 bits per heavy atom. The number of aliphatic carboxylic acids is 1. The van der Waals surface area contributed by atoms with Gasteiger partial charge in [0, 0.05) is 76.9 Å². The molecule has 7 N–H and O–H groups in total. The first-order valence-electron chi connectivity index (χ1n) is 40.6. The normalized spacial score (nSPS) is 12.8. The van der Waals surface area contributed by atoms with Crippen LogP contribution in [-0.2, 0) is 61.1 Å². The van der Waals surface area contributed by atoms with Crippen molar-refractivity contribution in [3.8, 4) is 56.6 Å². The van der Waals surface area contributed by atoms with Crippen LogP contribution in [0.3, 0.4) is 0 Å². The van der Waals surface area contributed by atoms with Gasteiger partial charge in [0.25, 0.3) is 29.1 Å². The van der Waals surface area contributed by atoms with Crippen LogP contribution in [0.1, 0.15) is 153 Å². The number of carboxylic acid groups (broad SMARTS) is 2. The quantitative estimate of drug-likeness (QED) is 0.00897. The molecule has 3 aromatic heterocycles. The summed E-state index contributed by atoms with van der Waals surface area (Å²) in [6.45, 7) is 16.2. The maximum atomic E-state index is 14.5. The Kier molecular flexibility index (Phi) is 44.8. The number of methoxy groups -OCH3 is 2. The number of nitrogens with one attached hydrogen (secondary N) is 3. The second kappa shape index (κ2) is 53.2. The Balaban J connectivity index is 0.000000320. The molecule has 2 amide bonds. The molecule has 3 radical (unpaired) electrons. The largest absolute Gasteiger partial charge is 0.497 e. The number of halogens is 8. The zero-order valence-corrected chi connectivity index (χ0v) is 78.4. The number of nitrogens with two attached hydrogens (primary N) is 1. The predicted molar refractivity (Wildman–Crippen MR) is 500 cm³/mol. The fourth-order valence-corrected chi connectivity index (χ4v) is 13.7. The topological polar surface area (TPSA) is 356 Å². The number of carboxylic acids is 2. The molecule has 0 aliphatic heterocycles. The summed E-state index contributed by atoms with van der Waals surface area (Å²) in [6.07, 6.45) is 4.62. The highest BCUT2D eigenvalue weighted by Gasteiger charge is 2.40. The number of Topliss-reactive ketones (excluding diaryl/α,β-unsaturated/α-hetero) is 1. The van der Waals surface area contributed by atoms with Crippen LogP contribution >= 0.6 is 71.2 Å². The summed E-state index contributed by atoms with van der Waals surface area (Å²) in [7, 11) is 3.19. The second-order valence-corrected chi connectivity index (χ2v) is 32.0. The van der Waals surface area contributed by atoms with Crippen molar-refractivity contribution in [2.75, 3.05) is 47.3 Å². The number of aromatic amines is 1. The van der Waals surface area contributed by atoms with E-state index in [1.54, 1.807) is 90.4 Å². The van der Waals surface area contributed by atoms with Crippen molar-refractivity contribution in [2.45, 2.75) is 145 Å². The molecule has 8 aromatic carbocycles. The molecule has 689 valence electrons. The van der Waals surface area contributed by atoms with Crippen LogP contribution in [0.5, 0.6) is 23.3 Å². The van der Waals surface area contributed by atoms with Crippen molar-refractivity contribution in [2.24, 2.45) is 22.0 Å². The lowest BCUT2D eigenvalue weighted by Crippen LogP contribution is -2.45. The van der Waals surface area contributed by atoms with Gasteiger partial charge < -0.3 is 73.3 Å². The third kappa shape index (κ3) is 33.8. The number of unbranched alkanes of at least 4 members (excludes halogenated alkanes) is 1. The van der Waals surface area contributed by atoms with Gasteiger partial charge >= 0.3 is 17.9 Å². The highest BCUT2D eigenvalue weighted by molar-refractivity contribution is 14.0. The minimum absolute atomic E-state index is 0. The number of ketones is 1. The molecule has 0 saturated carbocycles. The number of esters is 1. The molecule has 0 aliphatic rings. The monoisotopic (exact) mass is 1970 g/mol. The third-order valence-corrected chi connectivity index (χ3v) is 21.4. The number of nitrogens with zero attached hydrogens (tertiary/aromatic N) is 2. The molecule has 11 aromatic rings. The van der Waals surface area contributed by atoms with E-state index in [-0.39, 0.29) is 148 Å². The fourth-order valence-electron chi connectivity index (χ4n) is 13.2. The van der Waals surface area contributed by atoms with Crippen LogP contribution < -0.4 is 40.9 Å². The van der Waals surface area contributed by atoms with Gasteiger partial charge in [-0.05, 0) is 220 Å². The lowest BCUT2D eigenvalue weighted by atomic mass is 9.77. The van der Waals surface area contributed by atoms with Gasteiger partial charge in [0.15, 0.2) is 0 Å². The van der Waals surface area contributed by atoms with Crippen LogP contribution in [-0.4, -0.2) is 135 Å². The molecule has 3 heterocycles. The molecular weight excluding hydrogens is 1870 g/mol. The van der Waals surface area contributed by atoms with Crippen molar-refractivity contribution >= 4 is 115 Å². The first-order valence-corrected chi connectivity index (χ1v) is 41.8. The van der Waals surface area contributed by atoms with Gasteiger partial charge in [0.05, 0.1) is 63.1 Å². The molecule has 11 rings (SSSR count). The van der Waals surface area contributed by atoms with E-state index in [1.165, 1.54) is 54.6 Å². The minimum Gasteiger partial charge on any atom is -0.497 e. The first kappa shape index (κ1) is 109. The number of hydrogen-bond donors (Lipinski definition) is 6. The van der Waals surface area contributed by atoms with E-state index in [0.717, 1.165) is 70.2 Å². The number of ether oxygens (including phenoxy) is 7. The van der Waals surface area contributed by atoms with Gasteiger partial charge in [0.2, 0.25) is 17.3 Å². The maximum Gasteiger partial charge on any atom is 0.374 e. The highest BCUT2D eigenvalue weighted by Crippen LogP contribution is 2.35. The molecule has 0 fully saturated rings. The van der Waals surface area contributed by atoms with Gasteiger partial charge in [-0.3, -0.25) is 28.8 Å². The van der Waals surface area contributed by atoms with Gasteiger partial charge in [-0.15, -0.1) is 36.4 Å². The number of amides is 2. The van der Waals surface area contributed by atoms with Crippen molar-refractivity contribution in [3.63, 3.8) is 0 Å². The number of carbonyl (C=O) groups excluding carboxylic acids is 4. The number of hydrogen-bond acceptors (Lipinski definition) is 20. The summed E-state index contributed by atoms with van der Waals surface area (Å²) in [5, 5.41) is 35.0. The molecule has 0 unspecified atom stereocenters. The van der Waals surface area contributed by atoms with Crippen molar-refractivity contribution in [3.05, 3.63) is 282 Å². The summed E-state index contributed by atoms with van der Waals surface area (Å²) in [6, 6.07) is 52.2. The number of aromatic nitrogens is 3. The molecule has 129 heavy (non-hydrogen) atoms. The smallest absolute Gasteiger partial charge is 0.374 e. The van der Waals surface area contributed by atoms with Gasteiger partial charge in [-0.1, -0.05) is 159 Å². The molecule has 6 atom stereocenters. The van der Waals surface area contributed by atoms with Crippen molar-refractivity contribution in [1.82, 2.24) is 26.1 Å². The van der Waals surface area contributed by atoms with Crippen LogP contribution in [0.2, 0.25) is 15.1 Å². The van der Waals surface area contributed by atoms with E-state index in [9.17, 15) is 51.8 Å². The number of carbonyl (C=O) groups is 6. The fraction of sp³-hybridized carbons (Fsp3) is 0.337. The number of aromatic carboxylic acids is 1. The molecule has 25 nitrogen and oxygen atoms in total. The molecule has 0 bridgehead atoms. The lowest BCUT2D eigenvalue weighted by Gasteiger charge is -2.31. The van der Waals surface area contributed by atoms with E-state index in [1.807, 2.05) is 113 Å². The number of H-pyrrole nitrogens is 1. The average molecular weight is 1970 g/mol. The summed E-state index contributed by atoms with van der Waals surface area (Å²) >= 11 is 18.1. The molecule has 0 aliphatic carbocycles. The van der Waals surface area contributed by atoms with E-state index < -0.39 is 64.0 Å². The Morgan fingerprint density at radius 2 is 0.907 bits per heavy atom. The van der Waals surface area contributed by atoms with Crippen LogP contribution in [0.15, 0.2) is 212 Å². The van der Waals surface area contributed by atoms with E-state index >= 15 is 0 Å². The van der Waals surface area contributed by atoms with Crippen LogP contribution in [0, 0.1) is 33.7 Å². The van der Waals surface area contributed by atoms with Crippen molar-refractivity contribution in [1.29, 1.82) is 0 Å². The standard InChI is InChI=1S/C37H42ClFN2O7.C25H26ClFN2O6.C21H25ClFNO.C12H11NO5.B.ClH.HI/c1-5-7-18-46-36(43)37(3,24-45-6-2)22-29(19-25-8-12-27(13-9-25)31-20-28(38)14-17-32(31)39)40-35(42)33-21-34(41-48-33)47-23-26-10-15-30(44-4)16-11-26;1-3-34-14-25(2,24(32)33)13-18(28-23(31)21-12-22(30)29-35-21)10-15-4-6-16(7-5-15)19-11-17(26)8-9-20(19)27;1-4-21(3,14(2)25)13-18(24)11-15-5-7-16(8-6-15)19-12-17(22)9-10-20(19)23;1-16-9-4-2-8(3-5-9)7-17-11-6-10(12(14)15)18-13-11;;;/h8-17,20-21,29H,5-7,18-19,22-24H2,1-4H3,(H,40,42);4-9,11-12,18H,3,10,13-14H2,1-2H3,(H,28,31)(H,29,30)(H,32,33);5-10,12,18H,4,11,13,24H2,1-3H3;2-6H,7H2,1H3,(H,14,15);;2*1H/t29-,37+;18-,25+;18-,21-;;;;/m111..../s1. The van der Waals surface area contributed by atoms with E-state index in [2.05, 4.69) is 30.6 Å². The summed E-state index contributed by atoms with van der Waals surface area (Å²) in [5.41, 5.74) is 10.8. The Labute approximate surface area is 787 Å². The zero-order valence-electron chi connectivity index (χ0n) is 73.0. The van der Waals surface area contributed by atoms with Crippen LogP contribution in [0.25, 0.3) is 33.4 Å². The first-order chi connectivity index (χ1) is 60.2. The Hall–Kier alpha value is -11.0. The highest BCUT2D eigenvalue weighted by atomic mass is 127. The maximum absolute atomic E-state index is 14.5. The van der Waals surface area contributed by atoms with Gasteiger partial charge in [0.1, 0.15) is 47.9 Å². The van der Waals surface area contributed by atoms with Crippen molar-refractivity contribution < 1.29 is 98.9 Å². The SMILES string of the molecule is CCCCOC(=O)[C@](C)(COCC)C[C@@H](Cc1ccc(-c2cc(Cl)ccc2F)cc1)NC(=O)c1cc(OCc2ccc(OC)cc2)no1.CCOC[C@](C)(C[C@@H](Cc1ccc(-c2cc(Cl)ccc2F)cc1)NC(=O)c1cc(=O)[nH]o1)C(=O)O.CC[C@](C)(C[C@H](N)Cc1ccc(-c2cc(Cl)ccc2F)cc1)C(C)=O.COc1ccc(COc2cc(C(=O)O)on2)cc1.Cl.I.[B]. The number of benzene rings is 8. The Morgan fingerprint density at radius 1 is 0.519 bits per heavy atom. The molecule has 34 heteroatoms. The predicted octanol–water partition coefficient (Wildman–Crippen LogP) is 20.2. The molecular formula is C95H106BCl4F3IN6O19. The van der Waals surface area contributed by atoms with Gasteiger partial charge in [-0.2, -0.15) is 5.16 Å².